The van der Waals surface area contributed by atoms with E-state index in [1.807, 2.05) is 11.8 Å². The SMILES string of the molecule is CC(C)c1cc(SC[Si](C)(C)c2ccccc2)cc(C(C)C)c1O. The summed E-state index contributed by atoms with van der Waals surface area (Å²) < 4.78 is 0. The van der Waals surface area contributed by atoms with Crippen molar-refractivity contribution in [3.63, 3.8) is 0 Å². The van der Waals surface area contributed by atoms with Gasteiger partial charge in [-0.15, -0.1) is 11.8 Å². The molecule has 0 amide bonds. The van der Waals surface area contributed by atoms with Gasteiger partial charge in [-0.2, -0.15) is 0 Å². The van der Waals surface area contributed by atoms with Gasteiger partial charge in [0.2, 0.25) is 0 Å². The standard InChI is InChI=1S/C21H30OSSi/c1-15(2)19-12-17(13-20(16(3)4)21(19)22)23-14-24(5,6)18-10-8-7-9-11-18/h7-13,15-16,22H,14H2,1-6H3. The van der Waals surface area contributed by atoms with E-state index in [1.54, 1.807) is 0 Å². The first-order chi connectivity index (χ1) is 11.2. The first-order valence-corrected chi connectivity index (χ1v) is 13.0. The maximum atomic E-state index is 10.6. The van der Waals surface area contributed by atoms with Crippen LogP contribution in [0.25, 0.3) is 0 Å². The molecule has 0 fully saturated rings. The Morgan fingerprint density at radius 3 is 1.88 bits per heavy atom. The number of aromatic hydroxyl groups is 1. The van der Waals surface area contributed by atoms with E-state index in [2.05, 4.69) is 83.3 Å². The monoisotopic (exact) mass is 358 g/mol. The van der Waals surface area contributed by atoms with Crippen LogP contribution in [0.3, 0.4) is 0 Å². The Balaban J connectivity index is 2.26. The number of benzene rings is 2. The molecular formula is C21H30OSSi. The molecule has 2 aromatic carbocycles. The highest BCUT2D eigenvalue weighted by Gasteiger charge is 2.24. The number of rotatable bonds is 6. The highest BCUT2D eigenvalue weighted by molar-refractivity contribution is 8.01. The normalized spacial score (nSPS) is 12.2. The Morgan fingerprint density at radius 2 is 1.42 bits per heavy atom. The minimum Gasteiger partial charge on any atom is -0.507 e. The summed E-state index contributed by atoms with van der Waals surface area (Å²) in [6.07, 6.45) is 0. The van der Waals surface area contributed by atoms with E-state index in [-0.39, 0.29) is 0 Å². The van der Waals surface area contributed by atoms with Crippen molar-refractivity contribution in [3.05, 3.63) is 53.6 Å². The van der Waals surface area contributed by atoms with Crippen LogP contribution in [0.15, 0.2) is 47.4 Å². The molecule has 130 valence electrons. The average Bonchev–Trinajstić information content (AvgIpc) is 2.54. The Labute approximate surface area is 152 Å². The molecule has 24 heavy (non-hydrogen) atoms. The molecular weight excluding hydrogens is 328 g/mol. The van der Waals surface area contributed by atoms with Crippen molar-refractivity contribution in [1.29, 1.82) is 0 Å². The number of phenols is 1. The maximum Gasteiger partial charge on any atom is 0.122 e. The van der Waals surface area contributed by atoms with E-state index in [0.29, 0.717) is 17.6 Å². The van der Waals surface area contributed by atoms with Gasteiger partial charge >= 0.3 is 0 Å². The zero-order valence-electron chi connectivity index (χ0n) is 15.8. The molecule has 0 unspecified atom stereocenters. The first kappa shape index (κ1) is 19.1. The van der Waals surface area contributed by atoms with E-state index in [0.717, 1.165) is 16.5 Å². The summed E-state index contributed by atoms with van der Waals surface area (Å²) in [6, 6.07) is 15.3. The zero-order valence-corrected chi connectivity index (χ0v) is 17.6. The summed E-state index contributed by atoms with van der Waals surface area (Å²) in [7, 11) is -1.46. The van der Waals surface area contributed by atoms with E-state index < -0.39 is 8.07 Å². The van der Waals surface area contributed by atoms with Crippen LogP contribution in [0.4, 0.5) is 0 Å². The molecule has 3 heteroatoms. The minimum atomic E-state index is -1.46. The summed E-state index contributed by atoms with van der Waals surface area (Å²) in [6.45, 7) is 13.5. The summed E-state index contributed by atoms with van der Waals surface area (Å²) in [5, 5.41) is 13.2. The quantitative estimate of drug-likeness (QED) is 0.513. The smallest absolute Gasteiger partial charge is 0.122 e. The largest absolute Gasteiger partial charge is 0.507 e. The molecule has 0 bridgehead atoms. The molecule has 0 spiro atoms. The summed E-state index contributed by atoms with van der Waals surface area (Å²) >= 11 is 1.94. The van der Waals surface area contributed by atoms with Crippen molar-refractivity contribution in [2.24, 2.45) is 0 Å². The minimum absolute atomic E-state index is 0.336. The molecule has 1 N–H and O–H groups in total. The van der Waals surface area contributed by atoms with Gasteiger partial charge in [-0.05, 0) is 40.5 Å². The lowest BCUT2D eigenvalue weighted by molar-refractivity contribution is 0.453. The Morgan fingerprint density at radius 1 is 0.917 bits per heavy atom. The van der Waals surface area contributed by atoms with E-state index in [4.69, 9.17) is 0 Å². The third-order valence-electron chi connectivity index (χ3n) is 4.54. The molecule has 0 saturated carbocycles. The van der Waals surface area contributed by atoms with Gasteiger partial charge in [-0.1, -0.05) is 76.3 Å². The van der Waals surface area contributed by atoms with Crippen molar-refractivity contribution >= 4 is 25.0 Å². The van der Waals surface area contributed by atoms with Crippen LogP contribution in [-0.4, -0.2) is 18.6 Å². The third kappa shape index (κ3) is 4.45. The lowest BCUT2D eigenvalue weighted by Gasteiger charge is -2.23. The third-order valence-corrected chi connectivity index (χ3v) is 10.5. The lowest BCUT2D eigenvalue weighted by Crippen LogP contribution is -2.44. The van der Waals surface area contributed by atoms with Crippen molar-refractivity contribution in [2.45, 2.75) is 57.5 Å². The lowest BCUT2D eigenvalue weighted by atomic mass is 9.94. The molecule has 0 heterocycles. The predicted molar refractivity (Wildman–Crippen MR) is 111 cm³/mol. The van der Waals surface area contributed by atoms with Crippen LogP contribution in [0.2, 0.25) is 13.1 Å². The molecule has 0 radical (unpaired) electrons. The molecule has 0 aliphatic heterocycles. The second-order valence-corrected chi connectivity index (χ2v) is 14.1. The van der Waals surface area contributed by atoms with Crippen LogP contribution in [-0.2, 0) is 0 Å². The van der Waals surface area contributed by atoms with Crippen LogP contribution in [0.5, 0.6) is 5.75 Å². The molecule has 2 rings (SSSR count). The van der Waals surface area contributed by atoms with Crippen LogP contribution < -0.4 is 5.19 Å². The van der Waals surface area contributed by atoms with Gasteiger partial charge in [0.25, 0.3) is 0 Å². The molecule has 1 nitrogen and oxygen atoms in total. The number of phenolic OH excluding ortho intramolecular Hbond substituents is 1. The van der Waals surface area contributed by atoms with Crippen molar-refractivity contribution in [2.75, 3.05) is 5.38 Å². The van der Waals surface area contributed by atoms with Crippen LogP contribution >= 0.6 is 11.8 Å². The number of thioether (sulfide) groups is 1. The van der Waals surface area contributed by atoms with Gasteiger partial charge in [0.05, 0.1) is 8.07 Å². The highest BCUT2D eigenvalue weighted by Crippen LogP contribution is 2.38. The van der Waals surface area contributed by atoms with Gasteiger partial charge in [0, 0.05) is 4.90 Å². The highest BCUT2D eigenvalue weighted by atomic mass is 32.2. The fourth-order valence-electron chi connectivity index (χ4n) is 2.85. The summed E-state index contributed by atoms with van der Waals surface area (Å²) in [4.78, 5) is 1.29. The molecule has 0 saturated heterocycles. The molecule has 2 aromatic rings. The van der Waals surface area contributed by atoms with Gasteiger partial charge in [0.1, 0.15) is 5.75 Å². The Kier molecular flexibility index (Phi) is 6.21. The van der Waals surface area contributed by atoms with Crippen LogP contribution in [0.1, 0.15) is 50.7 Å². The van der Waals surface area contributed by atoms with Crippen molar-refractivity contribution in [1.82, 2.24) is 0 Å². The fraction of sp³-hybridized carbons (Fsp3) is 0.429. The zero-order chi connectivity index (χ0) is 17.9. The van der Waals surface area contributed by atoms with Gasteiger partial charge in [0.15, 0.2) is 0 Å². The van der Waals surface area contributed by atoms with Crippen LogP contribution in [0, 0.1) is 0 Å². The number of hydrogen-bond acceptors (Lipinski definition) is 2. The van der Waals surface area contributed by atoms with E-state index in [9.17, 15) is 5.11 Å². The number of hydrogen-bond donors (Lipinski definition) is 1. The second kappa shape index (κ2) is 7.79. The summed E-state index contributed by atoms with van der Waals surface area (Å²) in [5.74, 6) is 1.16. The molecule has 0 atom stereocenters. The van der Waals surface area contributed by atoms with E-state index >= 15 is 0 Å². The molecule has 0 aromatic heterocycles. The summed E-state index contributed by atoms with van der Waals surface area (Å²) in [5.41, 5.74) is 2.14. The molecule has 0 aliphatic carbocycles. The topological polar surface area (TPSA) is 20.2 Å². The fourth-order valence-corrected chi connectivity index (χ4v) is 7.14. The Hall–Kier alpha value is -1.19. The molecule has 0 aliphatic rings. The predicted octanol–water partition coefficient (Wildman–Crippen LogP) is 5.89. The van der Waals surface area contributed by atoms with E-state index in [1.165, 1.54) is 10.1 Å². The van der Waals surface area contributed by atoms with Crippen molar-refractivity contribution in [3.8, 4) is 5.75 Å². The second-order valence-electron chi connectivity index (χ2n) is 7.80. The Bertz CT molecular complexity index is 648. The average molecular weight is 359 g/mol. The van der Waals surface area contributed by atoms with Gasteiger partial charge in [-0.25, -0.2) is 0 Å². The van der Waals surface area contributed by atoms with Crippen molar-refractivity contribution < 1.29 is 5.11 Å². The first-order valence-electron chi connectivity index (χ1n) is 8.77. The van der Waals surface area contributed by atoms with Gasteiger partial charge < -0.3 is 5.11 Å². The maximum absolute atomic E-state index is 10.6. The van der Waals surface area contributed by atoms with Gasteiger partial charge in [-0.3, -0.25) is 0 Å².